The molecule has 0 spiro atoms. The van der Waals surface area contributed by atoms with E-state index < -0.39 is 24.0 Å². The van der Waals surface area contributed by atoms with E-state index in [4.69, 9.17) is 9.47 Å². The molecule has 1 aliphatic rings. The van der Waals surface area contributed by atoms with Gasteiger partial charge in [-0.2, -0.15) is 5.10 Å². The van der Waals surface area contributed by atoms with Gasteiger partial charge in [0.1, 0.15) is 6.61 Å². The van der Waals surface area contributed by atoms with Crippen LogP contribution in [0.3, 0.4) is 0 Å². The van der Waals surface area contributed by atoms with E-state index in [9.17, 15) is 19.2 Å². The van der Waals surface area contributed by atoms with Gasteiger partial charge in [0.25, 0.3) is 5.56 Å². The quantitative estimate of drug-likeness (QED) is 0.675. The van der Waals surface area contributed by atoms with Crippen LogP contribution < -0.4 is 16.2 Å². The number of carbonyl (C=O) groups excluding carboxylic acids is 3. The number of nitrogens with one attached hydrogen (secondary N) is 2. The second-order valence-corrected chi connectivity index (χ2v) is 6.57. The largest absolute Gasteiger partial charge is 0.463 e. The fourth-order valence-electron chi connectivity index (χ4n) is 3.23. The fourth-order valence-corrected chi connectivity index (χ4v) is 3.23. The minimum atomic E-state index is -0.793. The van der Waals surface area contributed by atoms with Crippen molar-refractivity contribution in [3.63, 3.8) is 0 Å². The SMILES string of the molecule is CCOC(=O)C1=C(COC(=O)c2nn(C)c(=O)c3ccccc23)NC(=O)N[C@H]1CC. The number of hydrogen-bond acceptors (Lipinski definition) is 7. The van der Waals surface area contributed by atoms with Crippen LogP contribution in [0.5, 0.6) is 0 Å². The Labute approximate surface area is 171 Å². The first-order valence-corrected chi connectivity index (χ1v) is 9.48. The predicted octanol–water partition coefficient (Wildman–Crippen LogP) is 0.999. The summed E-state index contributed by atoms with van der Waals surface area (Å²) in [5, 5.41) is 9.85. The number of esters is 2. The van der Waals surface area contributed by atoms with Gasteiger partial charge in [0, 0.05) is 12.4 Å². The van der Waals surface area contributed by atoms with Gasteiger partial charge in [0.15, 0.2) is 5.69 Å². The number of aryl methyl sites for hydroxylation is 1. The summed E-state index contributed by atoms with van der Waals surface area (Å²) in [6.45, 7) is 3.27. The van der Waals surface area contributed by atoms with Gasteiger partial charge in [-0.1, -0.05) is 25.1 Å². The molecule has 3 rings (SSSR count). The van der Waals surface area contributed by atoms with Crippen molar-refractivity contribution in [3.05, 3.63) is 51.6 Å². The molecule has 0 radical (unpaired) electrons. The summed E-state index contributed by atoms with van der Waals surface area (Å²) in [5.74, 6) is -1.40. The molecule has 10 heteroatoms. The lowest BCUT2D eigenvalue weighted by molar-refractivity contribution is -0.139. The Bertz CT molecular complexity index is 1100. The number of aromatic nitrogens is 2. The molecule has 10 nitrogen and oxygen atoms in total. The smallest absolute Gasteiger partial charge is 0.359 e. The molecule has 1 aliphatic heterocycles. The van der Waals surface area contributed by atoms with Crippen molar-refractivity contribution in [2.75, 3.05) is 13.2 Å². The number of fused-ring (bicyclic) bond motifs is 1. The summed E-state index contributed by atoms with van der Waals surface area (Å²) in [6.07, 6.45) is 0.450. The Balaban J connectivity index is 1.93. The molecule has 2 heterocycles. The van der Waals surface area contributed by atoms with Gasteiger partial charge < -0.3 is 20.1 Å². The molecule has 1 aromatic carbocycles. The highest BCUT2D eigenvalue weighted by Gasteiger charge is 2.32. The van der Waals surface area contributed by atoms with Crippen LogP contribution in [0.2, 0.25) is 0 Å². The third-order valence-electron chi connectivity index (χ3n) is 4.64. The van der Waals surface area contributed by atoms with E-state index >= 15 is 0 Å². The predicted molar refractivity (Wildman–Crippen MR) is 107 cm³/mol. The Hall–Kier alpha value is -3.69. The van der Waals surface area contributed by atoms with E-state index in [1.54, 1.807) is 38.1 Å². The molecule has 0 fully saturated rings. The monoisotopic (exact) mass is 414 g/mol. The third kappa shape index (κ3) is 4.02. The maximum atomic E-state index is 12.7. The average molecular weight is 414 g/mol. The Morgan fingerprint density at radius 3 is 2.47 bits per heavy atom. The molecular weight excluding hydrogens is 392 g/mol. The van der Waals surface area contributed by atoms with Crippen LogP contribution in [0.25, 0.3) is 10.8 Å². The molecule has 1 atom stereocenters. The van der Waals surface area contributed by atoms with Crippen molar-refractivity contribution in [1.82, 2.24) is 20.4 Å². The first-order valence-electron chi connectivity index (χ1n) is 9.48. The second-order valence-electron chi connectivity index (χ2n) is 6.57. The van der Waals surface area contributed by atoms with Gasteiger partial charge in [0.2, 0.25) is 0 Å². The molecule has 30 heavy (non-hydrogen) atoms. The van der Waals surface area contributed by atoms with Crippen LogP contribution in [-0.2, 0) is 21.3 Å². The van der Waals surface area contributed by atoms with Gasteiger partial charge in [-0.25, -0.2) is 19.1 Å². The highest BCUT2D eigenvalue weighted by molar-refractivity contribution is 6.02. The number of amides is 2. The maximum Gasteiger partial charge on any atom is 0.359 e. The van der Waals surface area contributed by atoms with Crippen LogP contribution in [0, 0.1) is 0 Å². The topological polar surface area (TPSA) is 129 Å². The van der Waals surface area contributed by atoms with Crippen LogP contribution in [0.4, 0.5) is 4.79 Å². The molecule has 0 bridgehead atoms. The van der Waals surface area contributed by atoms with Crippen LogP contribution in [-0.4, -0.2) is 47.0 Å². The van der Waals surface area contributed by atoms with Crippen molar-refractivity contribution in [3.8, 4) is 0 Å². The number of rotatable bonds is 6. The summed E-state index contributed by atoms with van der Waals surface area (Å²) in [6, 6.07) is 5.49. The van der Waals surface area contributed by atoms with E-state index in [1.807, 2.05) is 0 Å². The lowest BCUT2D eigenvalue weighted by atomic mass is 10.0. The number of urea groups is 1. The van der Waals surface area contributed by atoms with Crippen molar-refractivity contribution < 1.29 is 23.9 Å². The molecule has 2 aromatic rings. The summed E-state index contributed by atoms with van der Waals surface area (Å²) >= 11 is 0. The number of carbonyl (C=O) groups is 3. The van der Waals surface area contributed by atoms with Gasteiger partial charge in [-0.05, 0) is 19.4 Å². The van der Waals surface area contributed by atoms with Crippen LogP contribution in [0.15, 0.2) is 40.3 Å². The Morgan fingerprint density at radius 1 is 1.10 bits per heavy atom. The second kappa shape index (κ2) is 8.76. The molecule has 2 N–H and O–H groups in total. The van der Waals surface area contributed by atoms with Gasteiger partial charge >= 0.3 is 18.0 Å². The van der Waals surface area contributed by atoms with Crippen molar-refractivity contribution in [1.29, 1.82) is 0 Å². The fraction of sp³-hybridized carbons (Fsp3) is 0.350. The zero-order valence-electron chi connectivity index (χ0n) is 16.9. The summed E-state index contributed by atoms with van der Waals surface area (Å²) < 4.78 is 11.5. The normalized spacial score (nSPS) is 16.1. The van der Waals surface area contributed by atoms with Gasteiger partial charge in [0.05, 0.1) is 29.3 Å². The summed E-state index contributed by atoms with van der Waals surface area (Å²) in [7, 11) is 1.44. The van der Waals surface area contributed by atoms with Crippen molar-refractivity contribution >= 4 is 28.7 Å². The van der Waals surface area contributed by atoms with Crippen LogP contribution in [0.1, 0.15) is 30.8 Å². The average Bonchev–Trinajstić information content (AvgIpc) is 2.74. The first kappa shape index (κ1) is 21.0. The lowest BCUT2D eigenvalue weighted by Crippen LogP contribution is -2.51. The van der Waals surface area contributed by atoms with Gasteiger partial charge in [-0.15, -0.1) is 0 Å². The van der Waals surface area contributed by atoms with Crippen molar-refractivity contribution in [2.45, 2.75) is 26.3 Å². The Kier molecular flexibility index (Phi) is 6.14. The third-order valence-corrected chi connectivity index (χ3v) is 4.64. The van der Waals surface area contributed by atoms with E-state index in [2.05, 4.69) is 15.7 Å². The highest BCUT2D eigenvalue weighted by atomic mass is 16.5. The molecule has 1 aromatic heterocycles. The van der Waals surface area contributed by atoms with E-state index in [0.29, 0.717) is 17.2 Å². The molecule has 0 aliphatic carbocycles. The standard InChI is InChI=1S/C20H22N4O6/c1-4-13-15(18(26)29-5-2)14(22-20(28)21-13)10-30-19(27)16-11-8-6-7-9-12(11)17(25)24(3)23-16/h6-9,13H,4-5,10H2,1-3H3,(H2,21,22,28)/t13-/m0/s1. The maximum absolute atomic E-state index is 12.7. The number of hydrogen-bond donors (Lipinski definition) is 2. The molecule has 0 unspecified atom stereocenters. The van der Waals surface area contributed by atoms with E-state index in [1.165, 1.54) is 7.05 Å². The van der Waals surface area contributed by atoms with Crippen LogP contribution >= 0.6 is 0 Å². The zero-order valence-corrected chi connectivity index (χ0v) is 16.9. The lowest BCUT2D eigenvalue weighted by Gasteiger charge is -2.28. The molecular formula is C20H22N4O6. The number of ether oxygens (including phenoxy) is 2. The molecule has 158 valence electrons. The van der Waals surface area contributed by atoms with Gasteiger partial charge in [-0.3, -0.25) is 4.79 Å². The molecule has 0 saturated carbocycles. The van der Waals surface area contributed by atoms with E-state index in [-0.39, 0.29) is 35.7 Å². The first-order chi connectivity index (χ1) is 14.4. The van der Waals surface area contributed by atoms with Crippen molar-refractivity contribution in [2.24, 2.45) is 7.05 Å². The summed E-state index contributed by atoms with van der Waals surface area (Å²) in [5.41, 5.74) is -0.0410. The minimum absolute atomic E-state index is 0.0433. The van der Waals surface area contributed by atoms with E-state index in [0.717, 1.165) is 4.68 Å². The minimum Gasteiger partial charge on any atom is -0.463 e. The number of benzene rings is 1. The highest BCUT2D eigenvalue weighted by Crippen LogP contribution is 2.19. The zero-order chi connectivity index (χ0) is 21.8. The number of nitrogens with zero attached hydrogens (tertiary/aromatic N) is 2. The Morgan fingerprint density at radius 2 is 1.80 bits per heavy atom. The molecule has 0 saturated heterocycles. The summed E-state index contributed by atoms with van der Waals surface area (Å²) in [4.78, 5) is 49.3. The molecule has 2 amide bonds.